The van der Waals surface area contributed by atoms with E-state index in [9.17, 15) is 9.59 Å². The number of carbonyl (C=O) groups is 2. The van der Waals surface area contributed by atoms with Crippen LogP contribution < -0.4 is 5.32 Å². The first-order valence-corrected chi connectivity index (χ1v) is 5.15. The van der Waals surface area contributed by atoms with Crippen molar-refractivity contribution in [2.24, 2.45) is 0 Å². The Morgan fingerprint density at radius 1 is 1.56 bits per heavy atom. The molecule has 6 heteroatoms. The Morgan fingerprint density at radius 2 is 2.31 bits per heavy atom. The third kappa shape index (κ3) is 3.72. The molecule has 0 aliphatic rings. The van der Waals surface area contributed by atoms with E-state index in [1.165, 1.54) is 12.5 Å². The molecule has 0 spiro atoms. The van der Waals surface area contributed by atoms with Crippen molar-refractivity contribution in [2.45, 2.75) is 26.3 Å². The predicted octanol–water partition coefficient (Wildman–Crippen LogP) is 0.498. The van der Waals surface area contributed by atoms with Crippen molar-refractivity contribution in [1.82, 2.24) is 14.9 Å². The van der Waals surface area contributed by atoms with Gasteiger partial charge in [0.25, 0.3) is 0 Å². The molecule has 0 aliphatic heterocycles. The number of rotatable bonds is 6. The molecule has 1 heterocycles. The molecular weight excluding hydrogens is 210 g/mol. The van der Waals surface area contributed by atoms with Crippen molar-refractivity contribution >= 4 is 11.9 Å². The molecule has 0 fully saturated rings. The predicted molar refractivity (Wildman–Crippen MR) is 57.1 cm³/mol. The highest BCUT2D eigenvalue weighted by atomic mass is 16.4. The molecule has 1 aromatic rings. The first-order valence-electron chi connectivity index (χ1n) is 5.15. The lowest BCUT2D eigenvalue weighted by Crippen LogP contribution is -2.26. The third-order valence-electron chi connectivity index (χ3n) is 2.02. The van der Waals surface area contributed by atoms with E-state index in [0.29, 0.717) is 19.5 Å². The van der Waals surface area contributed by atoms with Crippen LogP contribution in [0.1, 0.15) is 30.3 Å². The minimum atomic E-state index is -1.05. The second-order valence-electron chi connectivity index (χ2n) is 3.40. The molecule has 0 unspecified atom stereocenters. The smallest absolute Gasteiger partial charge is 0.356 e. The van der Waals surface area contributed by atoms with Crippen LogP contribution in [0.5, 0.6) is 0 Å². The molecule has 0 saturated heterocycles. The molecule has 2 N–H and O–H groups in total. The zero-order valence-corrected chi connectivity index (χ0v) is 9.14. The van der Waals surface area contributed by atoms with E-state index in [0.717, 1.165) is 6.42 Å². The molecule has 0 atom stereocenters. The minimum Gasteiger partial charge on any atom is -0.476 e. The van der Waals surface area contributed by atoms with Gasteiger partial charge in [-0.2, -0.15) is 0 Å². The second kappa shape index (κ2) is 5.89. The fraction of sp³-hybridized carbons (Fsp3) is 0.500. The molecule has 0 radical (unpaired) electrons. The SMILES string of the molecule is CCCC(=O)NCCn1cnc(C(=O)O)c1. The zero-order chi connectivity index (χ0) is 12.0. The molecule has 6 nitrogen and oxygen atoms in total. The van der Waals surface area contributed by atoms with Gasteiger partial charge in [0.05, 0.1) is 6.33 Å². The molecule has 0 bridgehead atoms. The van der Waals surface area contributed by atoms with Crippen molar-refractivity contribution in [2.75, 3.05) is 6.54 Å². The van der Waals surface area contributed by atoms with Gasteiger partial charge in [0, 0.05) is 25.7 Å². The van der Waals surface area contributed by atoms with Crippen molar-refractivity contribution in [3.63, 3.8) is 0 Å². The number of carboxylic acids is 1. The lowest BCUT2D eigenvalue weighted by Gasteiger charge is -2.04. The Kier molecular flexibility index (Phi) is 4.50. The van der Waals surface area contributed by atoms with Gasteiger partial charge in [0.2, 0.25) is 5.91 Å². The number of imidazole rings is 1. The van der Waals surface area contributed by atoms with E-state index in [4.69, 9.17) is 5.11 Å². The van der Waals surface area contributed by atoms with E-state index in [1.54, 1.807) is 4.57 Å². The average Bonchev–Trinajstić information content (AvgIpc) is 2.67. The number of hydrogen-bond acceptors (Lipinski definition) is 3. The second-order valence-corrected chi connectivity index (χ2v) is 3.40. The van der Waals surface area contributed by atoms with E-state index in [-0.39, 0.29) is 11.6 Å². The Morgan fingerprint density at radius 3 is 2.88 bits per heavy atom. The first kappa shape index (κ1) is 12.2. The van der Waals surface area contributed by atoms with Crippen LogP contribution in [0.2, 0.25) is 0 Å². The highest BCUT2D eigenvalue weighted by Gasteiger charge is 2.06. The summed E-state index contributed by atoms with van der Waals surface area (Å²) in [5, 5.41) is 11.4. The summed E-state index contributed by atoms with van der Waals surface area (Å²) in [6.07, 6.45) is 4.22. The van der Waals surface area contributed by atoms with Crippen molar-refractivity contribution in [3.05, 3.63) is 18.2 Å². The van der Waals surface area contributed by atoms with Crippen LogP contribution in [0, 0.1) is 0 Å². The summed E-state index contributed by atoms with van der Waals surface area (Å²) in [7, 11) is 0. The van der Waals surface area contributed by atoms with E-state index in [1.807, 2.05) is 6.92 Å². The van der Waals surface area contributed by atoms with Gasteiger partial charge in [-0.1, -0.05) is 6.92 Å². The quantitative estimate of drug-likeness (QED) is 0.738. The maximum atomic E-state index is 11.1. The zero-order valence-electron chi connectivity index (χ0n) is 9.14. The van der Waals surface area contributed by atoms with Crippen molar-refractivity contribution in [1.29, 1.82) is 0 Å². The van der Waals surface area contributed by atoms with E-state index in [2.05, 4.69) is 10.3 Å². The molecule has 0 aliphatic carbocycles. The molecule has 88 valence electrons. The van der Waals surface area contributed by atoms with Crippen molar-refractivity contribution < 1.29 is 14.7 Å². The Balaban J connectivity index is 2.32. The van der Waals surface area contributed by atoms with Gasteiger partial charge >= 0.3 is 5.97 Å². The molecule has 0 aromatic carbocycles. The highest BCUT2D eigenvalue weighted by molar-refractivity contribution is 5.84. The number of nitrogens with one attached hydrogen (secondary N) is 1. The molecular formula is C10H15N3O3. The Bertz CT molecular complexity index is 373. The molecule has 0 saturated carbocycles. The Labute approximate surface area is 93.3 Å². The van der Waals surface area contributed by atoms with Gasteiger partial charge < -0.3 is 15.0 Å². The topological polar surface area (TPSA) is 84.2 Å². The van der Waals surface area contributed by atoms with Gasteiger partial charge in [0.15, 0.2) is 5.69 Å². The summed E-state index contributed by atoms with van der Waals surface area (Å²) in [5.74, 6) is -1.03. The van der Waals surface area contributed by atoms with Gasteiger partial charge in [-0.25, -0.2) is 9.78 Å². The van der Waals surface area contributed by atoms with E-state index >= 15 is 0 Å². The summed E-state index contributed by atoms with van der Waals surface area (Å²) >= 11 is 0. The van der Waals surface area contributed by atoms with Crippen LogP contribution in [-0.2, 0) is 11.3 Å². The standard InChI is InChI=1S/C10H15N3O3/c1-2-3-9(14)11-4-5-13-6-8(10(15)16)12-7-13/h6-7H,2-5H2,1H3,(H,11,14)(H,15,16). The maximum absolute atomic E-state index is 11.1. The highest BCUT2D eigenvalue weighted by Crippen LogP contribution is 1.95. The lowest BCUT2D eigenvalue weighted by atomic mass is 10.3. The number of nitrogens with zero attached hydrogens (tertiary/aromatic N) is 2. The first-order chi connectivity index (χ1) is 7.63. The van der Waals surface area contributed by atoms with Crippen LogP contribution in [0.3, 0.4) is 0 Å². The molecule has 1 rings (SSSR count). The fourth-order valence-electron chi connectivity index (χ4n) is 1.23. The average molecular weight is 225 g/mol. The number of amides is 1. The number of aromatic carboxylic acids is 1. The Hall–Kier alpha value is -1.85. The number of carbonyl (C=O) groups excluding carboxylic acids is 1. The molecule has 16 heavy (non-hydrogen) atoms. The largest absolute Gasteiger partial charge is 0.476 e. The maximum Gasteiger partial charge on any atom is 0.356 e. The summed E-state index contributed by atoms with van der Waals surface area (Å²) in [6, 6.07) is 0. The number of hydrogen-bond donors (Lipinski definition) is 2. The van der Waals surface area contributed by atoms with Gasteiger partial charge in [0.1, 0.15) is 0 Å². The van der Waals surface area contributed by atoms with Gasteiger partial charge in [-0.05, 0) is 6.42 Å². The summed E-state index contributed by atoms with van der Waals surface area (Å²) < 4.78 is 1.63. The normalized spacial score (nSPS) is 10.1. The van der Waals surface area contributed by atoms with Crippen molar-refractivity contribution in [3.8, 4) is 0 Å². The van der Waals surface area contributed by atoms with Crippen LogP contribution in [0.15, 0.2) is 12.5 Å². The van der Waals surface area contributed by atoms with Crippen LogP contribution in [0.4, 0.5) is 0 Å². The summed E-state index contributed by atoms with van der Waals surface area (Å²) in [4.78, 5) is 25.4. The molecule has 1 amide bonds. The van der Waals surface area contributed by atoms with Crippen LogP contribution >= 0.6 is 0 Å². The summed E-state index contributed by atoms with van der Waals surface area (Å²) in [6.45, 7) is 2.94. The van der Waals surface area contributed by atoms with Crippen LogP contribution in [0.25, 0.3) is 0 Å². The molecule has 1 aromatic heterocycles. The number of aromatic nitrogens is 2. The van der Waals surface area contributed by atoms with Gasteiger partial charge in [-0.3, -0.25) is 4.79 Å². The lowest BCUT2D eigenvalue weighted by molar-refractivity contribution is -0.121. The summed E-state index contributed by atoms with van der Waals surface area (Å²) in [5.41, 5.74) is 0.0138. The van der Waals surface area contributed by atoms with E-state index < -0.39 is 5.97 Å². The monoisotopic (exact) mass is 225 g/mol. The van der Waals surface area contributed by atoms with Gasteiger partial charge in [-0.15, -0.1) is 0 Å². The third-order valence-corrected chi connectivity index (χ3v) is 2.02. The minimum absolute atomic E-state index is 0.0138. The number of carboxylic acid groups (broad SMARTS) is 1. The fourth-order valence-corrected chi connectivity index (χ4v) is 1.23. The van der Waals surface area contributed by atoms with Crippen LogP contribution in [-0.4, -0.2) is 33.1 Å².